The van der Waals surface area contributed by atoms with Gasteiger partial charge in [0.05, 0.1) is 12.4 Å². The minimum absolute atomic E-state index is 0.0519. The molecule has 0 aromatic rings. The molecule has 0 atom stereocenters. The highest BCUT2D eigenvalue weighted by Gasteiger charge is 2.29. The summed E-state index contributed by atoms with van der Waals surface area (Å²) >= 11 is 0. The average molecular weight is 248 g/mol. The minimum atomic E-state index is -3.13. The van der Waals surface area contributed by atoms with Crippen LogP contribution in [0.5, 0.6) is 0 Å². The number of hydrogen-bond acceptors (Lipinski definition) is 4. The van der Waals surface area contributed by atoms with Crippen LogP contribution in [0.4, 0.5) is 0 Å². The van der Waals surface area contributed by atoms with Crippen molar-refractivity contribution in [3.63, 3.8) is 0 Å². The highest BCUT2D eigenvalue weighted by molar-refractivity contribution is 7.90. The molecular weight excluding hydrogens is 232 g/mol. The predicted octanol–water partition coefficient (Wildman–Crippen LogP) is -0.931. The van der Waals surface area contributed by atoms with Crippen LogP contribution in [0, 0.1) is 0 Å². The summed E-state index contributed by atoms with van der Waals surface area (Å²) in [6.45, 7) is 2.74. The highest BCUT2D eigenvalue weighted by atomic mass is 32.2. The summed E-state index contributed by atoms with van der Waals surface area (Å²) in [6.07, 6.45) is 1.04. The molecule has 6 nitrogen and oxygen atoms in total. The Balaban J connectivity index is 2.48. The van der Waals surface area contributed by atoms with Gasteiger partial charge in [-0.15, -0.1) is 0 Å². The van der Waals surface area contributed by atoms with Crippen molar-refractivity contribution in [2.75, 3.05) is 31.8 Å². The van der Waals surface area contributed by atoms with Crippen LogP contribution in [-0.2, 0) is 19.4 Å². The number of nitrogens with zero attached hydrogens (tertiary/aromatic N) is 2. The molecule has 92 valence electrons. The van der Waals surface area contributed by atoms with Gasteiger partial charge in [-0.1, -0.05) is 0 Å². The van der Waals surface area contributed by atoms with E-state index in [-0.39, 0.29) is 37.2 Å². The van der Waals surface area contributed by atoms with Crippen molar-refractivity contribution in [1.82, 2.24) is 9.80 Å². The normalized spacial score (nSPS) is 17.0. The smallest absolute Gasteiger partial charge is 0.243 e. The lowest BCUT2D eigenvalue weighted by Gasteiger charge is -2.16. The second-order valence-corrected chi connectivity index (χ2v) is 6.12. The summed E-state index contributed by atoms with van der Waals surface area (Å²) in [5.74, 6) is -0.534. The fraction of sp³-hybridized carbons (Fsp3) is 0.778. The number of carbonyl (C=O) groups excluding carboxylic acids is 2. The van der Waals surface area contributed by atoms with E-state index in [9.17, 15) is 18.0 Å². The fourth-order valence-corrected chi connectivity index (χ4v) is 2.02. The summed E-state index contributed by atoms with van der Waals surface area (Å²) in [6, 6.07) is 0. The maximum Gasteiger partial charge on any atom is 0.243 e. The van der Waals surface area contributed by atoms with E-state index in [1.165, 1.54) is 4.90 Å². The highest BCUT2D eigenvalue weighted by Crippen LogP contribution is 2.08. The molecule has 0 bridgehead atoms. The van der Waals surface area contributed by atoms with E-state index in [2.05, 4.69) is 0 Å². The zero-order valence-electron chi connectivity index (χ0n) is 9.47. The molecule has 0 aliphatic carbocycles. The molecule has 1 saturated heterocycles. The summed E-state index contributed by atoms with van der Waals surface area (Å²) in [5.41, 5.74) is 0. The largest absolute Gasteiger partial charge is 0.324 e. The molecule has 1 heterocycles. The van der Waals surface area contributed by atoms with Crippen LogP contribution in [0.3, 0.4) is 0 Å². The first-order chi connectivity index (χ1) is 7.33. The number of amides is 2. The Morgan fingerprint density at radius 1 is 1.44 bits per heavy atom. The number of hydrogen-bond donors (Lipinski definition) is 0. The van der Waals surface area contributed by atoms with Gasteiger partial charge in [0, 0.05) is 19.2 Å². The topological polar surface area (TPSA) is 74.8 Å². The van der Waals surface area contributed by atoms with E-state index in [4.69, 9.17) is 0 Å². The van der Waals surface area contributed by atoms with Crippen molar-refractivity contribution < 1.29 is 18.0 Å². The van der Waals surface area contributed by atoms with Gasteiger partial charge in [0.2, 0.25) is 11.8 Å². The number of sulfone groups is 1. The second-order valence-electron chi connectivity index (χ2n) is 3.86. The molecule has 1 fully saturated rings. The lowest BCUT2D eigenvalue weighted by molar-refractivity contribution is -0.131. The monoisotopic (exact) mass is 248 g/mol. The Morgan fingerprint density at radius 2 is 2.06 bits per heavy atom. The van der Waals surface area contributed by atoms with Crippen molar-refractivity contribution in [1.29, 1.82) is 0 Å². The Kier molecular flexibility index (Phi) is 3.90. The first-order valence-electron chi connectivity index (χ1n) is 5.06. The van der Waals surface area contributed by atoms with Gasteiger partial charge >= 0.3 is 0 Å². The van der Waals surface area contributed by atoms with Crippen molar-refractivity contribution in [2.24, 2.45) is 0 Å². The van der Waals surface area contributed by atoms with Gasteiger partial charge in [0.15, 0.2) is 0 Å². The van der Waals surface area contributed by atoms with E-state index in [1.54, 1.807) is 4.90 Å². The molecule has 1 aliphatic heterocycles. The van der Waals surface area contributed by atoms with Crippen LogP contribution in [0.15, 0.2) is 0 Å². The third kappa shape index (κ3) is 3.48. The average Bonchev–Trinajstić information content (AvgIpc) is 2.55. The van der Waals surface area contributed by atoms with E-state index in [1.807, 2.05) is 6.92 Å². The third-order valence-electron chi connectivity index (χ3n) is 2.44. The Hall–Kier alpha value is -1.11. The first kappa shape index (κ1) is 13.0. The minimum Gasteiger partial charge on any atom is -0.324 e. The zero-order valence-corrected chi connectivity index (χ0v) is 10.3. The Morgan fingerprint density at radius 3 is 2.50 bits per heavy atom. The van der Waals surface area contributed by atoms with Gasteiger partial charge in [0.25, 0.3) is 0 Å². The summed E-state index contributed by atoms with van der Waals surface area (Å²) in [5, 5.41) is 0. The molecule has 0 spiro atoms. The summed E-state index contributed by atoms with van der Waals surface area (Å²) < 4.78 is 21.8. The molecular formula is C9H16N2O4S. The molecule has 0 saturated carbocycles. The molecule has 1 rings (SSSR count). The number of rotatable bonds is 4. The van der Waals surface area contributed by atoms with Crippen LogP contribution in [0.25, 0.3) is 0 Å². The third-order valence-corrected chi connectivity index (χ3v) is 3.39. The van der Waals surface area contributed by atoms with Gasteiger partial charge < -0.3 is 9.80 Å². The van der Waals surface area contributed by atoms with E-state index >= 15 is 0 Å². The lowest BCUT2D eigenvalue weighted by Crippen LogP contribution is -2.32. The van der Waals surface area contributed by atoms with Crippen molar-refractivity contribution in [2.45, 2.75) is 13.3 Å². The second kappa shape index (κ2) is 4.82. The van der Waals surface area contributed by atoms with Crippen molar-refractivity contribution in [3.8, 4) is 0 Å². The molecule has 1 aliphatic rings. The number of carbonyl (C=O) groups is 2. The fourth-order valence-electron chi connectivity index (χ4n) is 1.47. The zero-order chi connectivity index (χ0) is 12.3. The molecule has 0 aromatic heterocycles. The van der Waals surface area contributed by atoms with Gasteiger partial charge in [-0.25, -0.2) is 8.42 Å². The van der Waals surface area contributed by atoms with Crippen molar-refractivity contribution >= 4 is 21.7 Å². The SMILES string of the molecule is CCN1CN(C(=O)CCS(C)(=O)=O)CC1=O. The van der Waals surface area contributed by atoms with Crippen LogP contribution >= 0.6 is 0 Å². The van der Waals surface area contributed by atoms with Crippen LogP contribution < -0.4 is 0 Å². The van der Waals surface area contributed by atoms with Crippen LogP contribution in [-0.4, -0.2) is 61.8 Å². The molecule has 16 heavy (non-hydrogen) atoms. The Bertz CT molecular complexity index is 390. The maximum absolute atomic E-state index is 11.6. The van der Waals surface area contributed by atoms with Gasteiger partial charge in [-0.05, 0) is 6.92 Å². The number of likely N-dealkylation sites (N-methyl/N-ethyl adjacent to an activating group) is 1. The predicted molar refractivity (Wildman–Crippen MR) is 58.3 cm³/mol. The van der Waals surface area contributed by atoms with Crippen LogP contribution in [0.1, 0.15) is 13.3 Å². The molecule has 7 heteroatoms. The Labute approximate surface area is 95.1 Å². The van der Waals surface area contributed by atoms with Gasteiger partial charge in [-0.2, -0.15) is 0 Å². The summed E-state index contributed by atoms with van der Waals surface area (Å²) in [4.78, 5) is 25.9. The molecule has 0 aromatic carbocycles. The summed E-state index contributed by atoms with van der Waals surface area (Å²) in [7, 11) is -3.13. The van der Waals surface area contributed by atoms with Crippen molar-refractivity contribution in [3.05, 3.63) is 0 Å². The molecule has 0 N–H and O–H groups in total. The van der Waals surface area contributed by atoms with Gasteiger partial charge in [-0.3, -0.25) is 9.59 Å². The quantitative estimate of drug-likeness (QED) is 0.644. The van der Waals surface area contributed by atoms with Gasteiger partial charge in [0.1, 0.15) is 16.4 Å². The first-order valence-corrected chi connectivity index (χ1v) is 7.13. The lowest BCUT2D eigenvalue weighted by atomic mass is 10.4. The van der Waals surface area contributed by atoms with E-state index in [0.29, 0.717) is 6.54 Å². The molecule has 0 radical (unpaired) electrons. The maximum atomic E-state index is 11.6. The van der Waals surface area contributed by atoms with Crippen LogP contribution in [0.2, 0.25) is 0 Å². The molecule has 2 amide bonds. The molecule has 0 unspecified atom stereocenters. The van der Waals surface area contributed by atoms with E-state index in [0.717, 1.165) is 6.26 Å². The van der Waals surface area contributed by atoms with E-state index < -0.39 is 9.84 Å². The standard InChI is InChI=1S/C9H16N2O4S/c1-3-10-7-11(6-9(10)13)8(12)4-5-16(2,14)15/h3-7H2,1-2H3.